The minimum absolute atomic E-state index is 0.0738. The van der Waals surface area contributed by atoms with Gasteiger partial charge in [-0.05, 0) is 30.5 Å². The van der Waals surface area contributed by atoms with Crippen molar-refractivity contribution in [2.75, 3.05) is 7.11 Å². The molecule has 0 saturated heterocycles. The standard InChI is InChI=1S/C16H30O4Si/c1-9-12-13(20-21(7,8)15(3,4)5)11(2)10-16(12,18)14(17)19-6/h9,11-13,18H,1,10H2,2-8H3/t11-,12+,13+,16-/m0/s1. The van der Waals surface area contributed by atoms with Gasteiger partial charge in [0.2, 0.25) is 0 Å². The zero-order chi connectivity index (χ0) is 16.6. The predicted octanol–water partition coefficient (Wildman–Crippen LogP) is 3.12. The lowest BCUT2D eigenvalue weighted by Crippen LogP contribution is -2.49. The SMILES string of the molecule is C=C[C@@H]1[C@H](O[Si](C)(C)C(C)(C)C)[C@@H](C)C[C@@]1(O)C(=O)OC. The molecule has 0 unspecified atom stereocenters. The van der Waals surface area contributed by atoms with E-state index < -0.39 is 25.8 Å². The fourth-order valence-electron chi connectivity index (χ4n) is 2.80. The van der Waals surface area contributed by atoms with Gasteiger partial charge in [-0.1, -0.05) is 33.8 Å². The van der Waals surface area contributed by atoms with Crippen LogP contribution >= 0.6 is 0 Å². The summed E-state index contributed by atoms with van der Waals surface area (Å²) in [7, 11) is -0.690. The minimum atomic E-state index is -1.99. The highest BCUT2D eigenvalue weighted by atomic mass is 28.4. The van der Waals surface area contributed by atoms with Crippen molar-refractivity contribution in [2.24, 2.45) is 11.8 Å². The zero-order valence-corrected chi connectivity index (χ0v) is 15.4. The van der Waals surface area contributed by atoms with Crippen LogP contribution in [0.2, 0.25) is 18.1 Å². The lowest BCUT2D eigenvalue weighted by molar-refractivity contribution is -0.165. The molecule has 0 aromatic rings. The van der Waals surface area contributed by atoms with E-state index in [-0.39, 0.29) is 17.1 Å². The van der Waals surface area contributed by atoms with Crippen LogP contribution in [-0.2, 0) is 14.0 Å². The van der Waals surface area contributed by atoms with Gasteiger partial charge in [-0.3, -0.25) is 0 Å². The topological polar surface area (TPSA) is 55.8 Å². The lowest BCUT2D eigenvalue weighted by atomic mass is 9.90. The molecule has 0 bridgehead atoms. The largest absolute Gasteiger partial charge is 0.467 e. The maximum absolute atomic E-state index is 12.0. The second-order valence-electron chi connectivity index (χ2n) is 7.70. The van der Waals surface area contributed by atoms with Crippen molar-refractivity contribution in [2.45, 2.75) is 64.0 Å². The average Bonchev–Trinajstić information content (AvgIpc) is 2.58. The summed E-state index contributed by atoms with van der Waals surface area (Å²) in [4.78, 5) is 12.0. The van der Waals surface area contributed by atoms with E-state index in [0.29, 0.717) is 6.42 Å². The van der Waals surface area contributed by atoms with E-state index in [1.165, 1.54) is 7.11 Å². The van der Waals surface area contributed by atoms with E-state index in [9.17, 15) is 9.90 Å². The van der Waals surface area contributed by atoms with E-state index in [0.717, 1.165) is 0 Å². The van der Waals surface area contributed by atoms with Crippen LogP contribution in [0.4, 0.5) is 0 Å². The molecule has 1 saturated carbocycles. The van der Waals surface area contributed by atoms with Crippen LogP contribution < -0.4 is 0 Å². The van der Waals surface area contributed by atoms with Crippen molar-refractivity contribution in [1.29, 1.82) is 0 Å². The molecule has 4 nitrogen and oxygen atoms in total. The molecule has 0 amide bonds. The van der Waals surface area contributed by atoms with Crippen molar-refractivity contribution < 1.29 is 19.1 Å². The number of rotatable bonds is 4. The van der Waals surface area contributed by atoms with Gasteiger partial charge >= 0.3 is 5.97 Å². The Balaban J connectivity index is 3.09. The highest BCUT2D eigenvalue weighted by molar-refractivity contribution is 6.74. The number of carbonyl (C=O) groups excluding carboxylic acids is 1. The Morgan fingerprint density at radius 2 is 1.95 bits per heavy atom. The lowest BCUT2D eigenvalue weighted by Gasteiger charge is -2.41. The molecule has 1 aliphatic carbocycles. The van der Waals surface area contributed by atoms with E-state index in [1.807, 2.05) is 6.92 Å². The third-order valence-corrected chi connectivity index (χ3v) is 9.60. The van der Waals surface area contributed by atoms with Crippen LogP contribution in [-0.4, -0.2) is 38.2 Å². The maximum Gasteiger partial charge on any atom is 0.338 e. The minimum Gasteiger partial charge on any atom is -0.467 e. The highest BCUT2D eigenvalue weighted by Gasteiger charge is 2.57. The molecule has 1 N–H and O–H groups in total. The van der Waals surface area contributed by atoms with Crippen molar-refractivity contribution in [3.8, 4) is 0 Å². The van der Waals surface area contributed by atoms with Gasteiger partial charge < -0.3 is 14.3 Å². The first-order chi connectivity index (χ1) is 9.40. The number of hydrogen-bond donors (Lipinski definition) is 1. The maximum atomic E-state index is 12.0. The summed E-state index contributed by atoms with van der Waals surface area (Å²) in [6, 6.07) is 0. The third kappa shape index (κ3) is 3.25. The Labute approximate surface area is 129 Å². The van der Waals surface area contributed by atoms with Crippen LogP contribution in [0.1, 0.15) is 34.1 Å². The molecular weight excluding hydrogens is 284 g/mol. The number of hydrogen-bond acceptors (Lipinski definition) is 4. The van der Waals surface area contributed by atoms with Gasteiger partial charge in [-0.2, -0.15) is 0 Å². The van der Waals surface area contributed by atoms with Gasteiger partial charge in [0.25, 0.3) is 0 Å². The average molecular weight is 314 g/mol. The first kappa shape index (κ1) is 18.4. The van der Waals surface area contributed by atoms with Crippen molar-refractivity contribution in [1.82, 2.24) is 0 Å². The Bertz CT molecular complexity index is 413. The molecule has 0 radical (unpaired) electrons. The van der Waals surface area contributed by atoms with Crippen LogP contribution in [0.5, 0.6) is 0 Å². The molecule has 1 rings (SSSR count). The van der Waals surface area contributed by atoms with Gasteiger partial charge in [-0.15, -0.1) is 6.58 Å². The van der Waals surface area contributed by atoms with Crippen molar-refractivity contribution >= 4 is 14.3 Å². The molecule has 0 aromatic heterocycles. The van der Waals surface area contributed by atoms with Gasteiger partial charge in [0.05, 0.1) is 13.2 Å². The second kappa shape index (κ2) is 5.86. The number of aliphatic hydroxyl groups is 1. The molecule has 1 fully saturated rings. The number of methoxy groups -OCH3 is 1. The molecule has 0 heterocycles. The smallest absolute Gasteiger partial charge is 0.338 e. The monoisotopic (exact) mass is 314 g/mol. The molecule has 5 heteroatoms. The molecular formula is C16H30O4Si. The number of ether oxygens (including phenoxy) is 1. The number of esters is 1. The summed E-state index contributed by atoms with van der Waals surface area (Å²) in [5, 5.41) is 10.8. The van der Waals surface area contributed by atoms with E-state index in [2.05, 4.69) is 40.4 Å². The quantitative estimate of drug-likeness (QED) is 0.492. The van der Waals surface area contributed by atoms with E-state index >= 15 is 0 Å². The molecule has 21 heavy (non-hydrogen) atoms. The first-order valence-corrected chi connectivity index (χ1v) is 10.4. The van der Waals surface area contributed by atoms with Crippen LogP contribution in [0.15, 0.2) is 12.7 Å². The van der Waals surface area contributed by atoms with Gasteiger partial charge in [0.15, 0.2) is 13.9 Å². The fraction of sp³-hybridized carbons (Fsp3) is 0.812. The van der Waals surface area contributed by atoms with Crippen molar-refractivity contribution in [3.63, 3.8) is 0 Å². The summed E-state index contributed by atoms with van der Waals surface area (Å²) >= 11 is 0. The van der Waals surface area contributed by atoms with Gasteiger partial charge in [0.1, 0.15) is 0 Å². The van der Waals surface area contributed by atoms with Crippen LogP contribution in [0.25, 0.3) is 0 Å². The Morgan fingerprint density at radius 1 is 1.43 bits per heavy atom. The van der Waals surface area contributed by atoms with E-state index in [1.54, 1.807) is 6.08 Å². The molecule has 0 aromatic carbocycles. The van der Waals surface area contributed by atoms with Crippen LogP contribution in [0, 0.1) is 11.8 Å². The normalized spacial score (nSPS) is 33.8. The summed E-state index contributed by atoms with van der Waals surface area (Å²) in [5.74, 6) is -0.958. The highest BCUT2D eigenvalue weighted by Crippen LogP contribution is 2.47. The van der Waals surface area contributed by atoms with Crippen LogP contribution in [0.3, 0.4) is 0 Å². The van der Waals surface area contributed by atoms with Gasteiger partial charge in [0, 0.05) is 5.92 Å². The summed E-state index contributed by atoms with van der Waals surface area (Å²) in [6.07, 6.45) is 1.78. The molecule has 4 atom stereocenters. The van der Waals surface area contributed by atoms with E-state index in [4.69, 9.17) is 9.16 Å². The molecule has 122 valence electrons. The van der Waals surface area contributed by atoms with Crippen molar-refractivity contribution in [3.05, 3.63) is 12.7 Å². The Hall–Kier alpha value is -0.653. The van der Waals surface area contributed by atoms with Gasteiger partial charge in [-0.25, -0.2) is 4.79 Å². The third-order valence-electron chi connectivity index (χ3n) is 5.13. The summed E-state index contributed by atoms with van der Waals surface area (Å²) in [5.41, 5.74) is -1.52. The summed E-state index contributed by atoms with van der Waals surface area (Å²) in [6.45, 7) is 16.7. The summed E-state index contributed by atoms with van der Waals surface area (Å²) < 4.78 is 11.3. The Kier molecular flexibility index (Phi) is 5.13. The fourth-order valence-corrected chi connectivity index (χ4v) is 4.21. The Morgan fingerprint density at radius 3 is 2.33 bits per heavy atom. The molecule has 0 aliphatic heterocycles. The predicted molar refractivity (Wildman–Crippen MR) is 86.5 cm³/mol. The second-order valence-corrected chi connectivity index (χ2v) is 12.5. The number of carbonyl (C=O) groups is 1. The zero-order valence-electron chi connectivity index (χ0n) is 14.4. The first-order valence-electron chi connectivity index (χ1n) is 7.52. The molecule has 1 aliphatic rings. The molecule has 0 spiro atoms.